The van der Waals surface area contributed by atoms with Gasteiger partial charge in [0.15, 0.2) is 0 Å². The topological polar surface area (TPSA) is 74.8 Å². The minimum Gasteiger partial charge on any atom is -0.350 e. The maximum absolute atomic E-state index is 12.9. The Morgan fingerprint density at radius 3 is 2.69 bits per heavy atom. The number of aryl methyl sites for hydroxylation is 1. The highest BCUT2D eigenvalue weighted by Gasteiger charge is 2.10. The van der Waals surface area contributed by atoms with Gasteiger partial charge in [0.1, 0.15) is 11.6 Å². The van der Waals surface area contributed by atoms with Gasteiger partial charge in [-0.15, -0.1) is 0 Å². The van der Waals surface area contributed by atoms with Gasteiger partial charge in [-0.2, -0.15) is 0 Å². The number of amides is 1. The van der Waals surface area contributed by atoms with Crippen LogP contribution in [0.25, 0.3) is 10.9 Å². The maximum atomic E-state index is 12.9. The average Bonchev–Trinajstić information content (AvgIpc) is 2.62. The third kappa shape index (κ3) is 4.33. The molecule has 134 valence electrons. The molecule has 0 bridgehead atoms. The highest BCUT2D eigenvalue weighted by molar-refractivity contribution is 5.77. The van der Waals surface area contributed by atoms with Gasteiger partial charge in [0, 0.05) is 12.8 Å². The maximum Gasteiger partial charge on any atom is 0.258 e. The van der Waals surface area contributed by atoms with Gasteiger partial charge < -0.3 is 10.3 Å². The summed E-state index contributed by atoms with van der Waals surface area (Å²) < 4.78 is 12.9. The van der Waals surface area contributed by atoms with Gasteiger partial charge in [0.2, 0.25) is 5.91 Å². The molecule has 0 saturated carbocycles. The number of nitrogens with zero attached hydrogens (tertiary/aromatic N) is 1. The molecule has 2 N–H and O–H groups in total. The fourth-order valence-corrected chi connectivity index (χ4v) is 2.82. The first-order valence-corrected chi connectivity index (χ1v) is 8.55. The van der Waals surface area contributed by atoms with E-state index in [1.807, 2.05) is 13.0 Å². The Morgan fingerprint density at radius 2 is 1.92 bits per heavy atom. The lowest BCUT2D eigenvalue weighted by Crippen LogP contribution is -2.26. The number of benzene rings is 2. The van der Waals surface area contributed by atoms with Crippen LogP contribution >= 0.6 is 0 Å². The smallest absolute Gasteiger partial charge is 0.258 e. The van der Waals surface area contributed by atoms with Gasteiger partial charge in [0.25, 0.3) is 5.56 Å². The average molecular weight is 353 g/mol. The summed E-state index contributed by atoms with van der Waals surface area (Å²) in [6.07, 6.45) is 1.41. The molecule has 0 fully saturated rings. The highest BCUT2D eigenvalue weighted by atomic mass is 19.1. The number of carbonyl (C=O) groups excluding carboxylic acids is 1. The Labute approximate surface area is 150 Å². The molecule has 0 saturated heterocycles. The number of aromatic nitrogens is 2. The zero-order valence-corrected chi connectivity index (χ0v) is 14.5. The quantitative estimate of drug-likeness (QED) is 0.714. The summed E-state index contributed by atoms with van der Waals surface area (Å²) in [5.41, 5.74) is 1.33. The van der Waals surface area contributed by atoms with Gasteiger partial charge >= 0.3 is 0 Å². The summed E-state index contributed by atoms with van der Waals surface area (Å²) in [5.74, 6) is 0.183. The standard InChI is InChI=1S/C20H20FN3O2/c1-13(14-9-11-15(21)12-10-14)22-19(25)8-4-7-18-23-17-6-3-2-5-16(17)20(26)24-18/h2-3,5-6,9-13H,4,7-8H2,1H3,(H,22,25)(H,23,24,26)/t13-/m0/s1. The molecule has 0 spiro atoms. The number of aromatic amines is 1. The molecule has 0 aliphatic heterocycles. The number of carbonyl (C=O) groups is 1. The number of fused-ring (bicyclic) bond motifs is 1. The van der Waals surface area contributed by atoms with E-state index < -0.39 is 0 Å². The minimum atomic E-state index is -0.302. The predicted molar refractivity (Wildman–Crippen MR) is 98.3 cm³/mol. The number of halogens is 1. The molecule has 0 radical (unpaired) electrons. The molecule has 1 aromatic heterocycles. The second-order valence-corrected chi connectivity index (χ2v) is 6.22. The number of H-pyrrole nitrogens is 1. The molecule has 0 unspecified atom stereocenters. The van der Waals surface area contributed by atoms with Crippen LogP contribution in [0.4, 0.5) is 4.39 Å². The van der Waals surface area contributed by atoms with Crippen LogP contribution in [0, 0.1) is 5.82 Å². The van der Waals surface area contributed by atoms with Gasteiger partial charge in [-0.05, 0) is 43.2 Å². The van der Waals surface area contributed by atoms with E-state index in [2.05, 4.69) is 15.3 Å². The molecule has 3 rings (SSSR count). The van der Waals surface area contributed by atoms with E-state index in [-0.39, 0.29) is 23.3 Å². The van der Waals surface area contributed by atoms with E-state index in [4.69, 9.17) is 0 Å². The minimum absolute atomic E-state index is 0.0926. The zero-order valence-electron chi connectivity index (χ0n) is 14.5. The first-order chi connectivity index (χ1) is 12.5. The van der Waals surface area contributed by atoms with E-state index >= 15 is 0 Å². The molecule has 1 heterocycles. The number of rotatable bonds is 6. The highest BCUT2D eigenvalue weighted by Crippen LogP contribution is 2.13. The lowest BCUT2D eigenvalue weighted by molar-refractivity contribution is -0.121. The normalized spacial score (nSPS) is 12.1. The summed E-state index contributed by atoms with van der Waals surface area (Å²) in [7, 11) is 0. The van der Waals surface area contributed by atoms with Crippen LogP contribution in [0.3, 0.4) is 0 Å². The summed E-state index contributed by atoms with van der Waals surface area (Å²) in [5, 5.41) is 3.45. The lowest BCUT2D eigenvalue weighted by atomic mass is 10.1. The third-order valence-corrected chi connectivity index (χ3v) is 4.23. The Kier molecular flexibility index (Phi) is 5.41. The second-order valence-electron chi connectivity index (χ2n) is 6.22. The van der Waals surface area contributed by atoms with E-state index in [1.54, 1.807) is 30.3 Å². The van der Waals surface area contributed by atoms with Crippen molar-refractivity contribution in [1.29, 1.82) is 0 Å². The molecular weight excluding hydrogens is 333 g/mol. The monoisotopic (exact) mass is 353 g/mol. The predicted octanol–water partition coefficient (Wildman–Crippen LogP) is 3.26. The fourth-order valence-electron chi connectivity index (χ4n) is 2.82. The number of hydrogen-bond donors (Lipinski definition) is 2. The molecule has 3 aromatic rings. The van der Waals surface area contributed by atoms with Crippen molar-refractivity contribution >= 4 is 16.8 Å². The van der Waals surface area contributed by atoms with Crippen LogP contribution < -0.4 is 10.9 Å². The molecular formula is C20H20FN3O2. The summed E-state index contributed by atoms with van der Waals surface area (Å²) in [6.45, 7) is 1.85. The molecule has 6 heteroatoms. The van der Waals surface area contributed by atoms with E-state index in [9.17, 15) is 14.0 Å². The number of nitrogens with one attached hydrogen (secondary N) is 2. The van der Waals surface area contributed by atoms with Crippen molar-refractivity contribution in [2.24, 2.45) is 0 Å². The SMILES string of the molecule is C[C@H](NC(=O)CCCc1nc2ccccc2c(=O)[nH]1)c1ccc(F)cc1. The molecule has 1 amide bonds. The van der Waals surface area contributed by atoms with Gasteiger partial charge in [-0.25, -0.2) is 9.37 Å². The van der Waals surface area contributed by atoms with Crippen molar-refractivity contribution < 1.29 is 9.18 Å². The fraction of sp³-hybridized carbons (Fsp3) is 0.250. The van der Waals surface area contributed by atoms with Crippen molar-refractivity contribution in [3.05, 3.63) is 76.1 Å². The summed E-state index contributed by atoms with van der Waals surface area (Å²) in [6, 6.07) is 13.0. The molecule has 1 atom stereocenters. The van der Waals surface area contributed by atoms with E-state index in [0.29, 0.717) is 36.0 Å². The van der Waals surface area contributed by atoms with Gasteiger partial charge in [-0.1, -0.05) is 24.3 Å². The first kappa shape index (κ1) is 17.8. The largest absolute Gasteiger partial charge is 0.350 e. The molecule has 0 aliphatic rings. The first-order valence-electron chi connectivity index (χ1n) is 8.55. The van der Waals surface area contributed by atoms with Crippen LogP contribution in [-0.4, -0.2) is 15.9 Å². The van der Waals surface area contributed by atoms with Crippen molar-refractivity contribution in [3.8, 4) is 0 Å². The molecule has 0 aliphatic carbocycles. The van der Waals surface area contributed by atoms with Gasteiger partial charge in [-0.3, -0.25) is 9.59 Å². The Hall–Kier alpha value is -3.02. The lowest BCUT2D eigenvalue weighted by Gasteiger charge is -2.14. The summed E-state index contributed by atoms with van der Waals surface area (Å²) in [4.78, 5) is 31.3. The van der Waals surface area contributed by atoms with Crippen LogP contribution in [0.2, 0.25) is 0 Å². The second kappa shape index (κ2) is 7.91. The zero-order chi connectivity index (χ0) is 18.5. The Balaban J connectivity index is 1.53. The van der Waals surface area contributed by atoms with Crippen LogP contribution in [-0.2, 0) is 11.2 Å². The Bertz CT molecular complexity index is 967. The van der Waals surface area contributed by atoms with Crippen LogP contribution in [0.5, 0.6) is 0 Å². The van der Waals surface area contributed by atoms with Crippen molar-refractivity contribution in [3.63, 3.8) is 0 Å². The summed E-state index contributed by atoms with van der Waals surface area (Å²) >= 11 is 0. The van der Waals surface area contributed by atoms with E-state index in [1.165, 1.54) is 12.1 Å². The molecule has 26 heavy (non-hydrogen) atoms. The van der Waals surface area contributed by atoms with Crippen molar-refractivity contribution in [1.82, 2.24) is 15.3 Å². The molecule has 2 aromatic carbocycles. The van der Waals surface area contributed by atoms with Gasteiger partial charge in [0.05, 0.1) is 16.9 Å². The number of hydrogen-bond acceptors (Lipinski definition) is 3. The van der Waals surface area contributed by atoms with Crippen molar-refractivity contribution in [2.45, 2.75) is 32.2 Å². The third-order valence-electron chi connectivity index (χ3n) is 4.23. The number of para-hydroxylation sites is 1. The molecule has 5 nitrogen and oxygen atoms in total. The Morgan fingerprint density at radius 1 is 1.19 bits per heavy atom. The van der Waals surface area contributed by atoms with E-state index in [0.717, 1.165) is 5.56 Å². The van der Waals surface area contributed by atoms with Crippen LogP contribution in [0.15, 0.2) is 53.3 Å². The van der Waals surface area contributed by atoms with Crippen molar-refractivity contribution in [2.75, 3.05) is 0 Å². The van der Waals surface area contributed by atoms with Crippen LogP contribution in [0.1, 0.15) is 37.2 Å².